The zero-order valence-corrected chi connectivity index (χ0v) is 48.6. The fraction of sp³-hybridized carbons (Fsp3) is 0.0390. The van der Waals surface area contributed by atoms with Gasteiger partial charge in [0.05, 0.1) is 11.1 Å². The second-order valence-corrected chi connectivity index (χ2v) is 27.5. The maximum atomic E-state index is 13.2. The van der Waals surface area contributed by atoms with Crippen LogP contribution in [0.2, 0.25) is 0 Å². The Morgan fingerprint density at radius 3 is 1.21 bits per heavy atom. The molecule has 0 fully saturated rings. The largest absolute Gasteiger partial charge is 0.423 e. The Kier molecular flexibility index (Phi) is 13.8. The van der Waals surface area contributed by atoms with Gasteiger partial charge in [-0.05, 0) is 127 Å². The number of rotatable bonds is 14. The fourth-order valence-electron chi connectivity index (χ4n) is 12.4. The molecule has 0 saturated carbocycles. The summed E-state index contributed by atoms with van der Waals surface area (Å²) in [6, 6.07) is 104. The van der Waals surface area contributed by atoms with E-state index in [0.717, 1.165) is 16.7 Å². The molecule has 2 heterocycles. The van der Waals surface area contributed by atoms with Gasteiger partial charge in [-0.15, -0.1) is 22.7 Å². The van der Waals surface area contributed by atoms with Gasteiger partial charge in [-0.25, -0.2) is 9.59 Å². The van der Waals surface area contributed by atoms with Crippen LogP contribution in [0.15, 0.2) is 297 Å². The highest BCUT2D eigenvalue weighted by molar-refractivity contribution is 7.27. The second-order valence-electron chi connectivity index (χ2n) is 21.6. The monoisotopic (exact) mass is 1130 g/mol. The molecule has 402 valence electrons. The first kappa shape index (κ1) is 52.3. The van der Waals surface area contributed by atoms with Gasteiger partial charge in [0.15, 0.2) is 8.07 Å². The Bertz CT molecular complexity index is 4470. The van der Waals surface area contributed by atoms with Crippen molar-refractivity contribution in [2.24, 2.45) is 0 Å². The highest BCUT2D eigenvalue weighted by atomic mass is 32.1. The molecule has 2 aromatic heterocycles. The molecular formula is C77H54O4S2Si. The van der Waals surface area contributed by atoms with Crippen LogP contribution in [0.1, 0.15) is 44.3 Å². The summed E-state index contributed by atoms with van der Waals surface area (Å²) in [4.78, 5) is 26.4. The van der Waals surface area contributed by atoms with Gasteiger partial charge in [-0.3, -0.25) is 0 Å². The number of hydrogen-bond donors (Lipinski definition) is 0. The summed E-state index contributed by atoms with van der Waals surface area (Å²) in [5, 5.41) is 10.3. The summed E-state index contributed by atoms with van der Waals surface area (Å²) in [6.07, 6.45) is 0.628. The van der Waals surface area contributed by atoms with Crippen molar-refractivity contribution in [3.8, 4) is 33.8 Å². The van der Waals surface area contributed by atoms with Crippen molar-refractivity contribution in [3.05, 3.63) is 325 Å². The van der Waals surface area contributed by atoms with E-state index < -0.39 is 25.4 Å². The van der Waals surface area contributed by atoms with Gasteiger partial charge >= 0.3 is 11.9 Å². The molecule has 7 heteroatoms. The molecule has 0 bridgehead atoms. The number of carbonyl (C=O) groups excluding carboxylic acids is 2. The number of ether oxygens (including phenoxy) is 2. The molecular weight excluding hydrogens is 1080 g/mol. The van der Waals surface area contributed by atoms with E-state index in [1.165, 1.54) is 83.3 Å². The Balaban J connectivity index is 0.907. The SMILES string of the molecule is CC(Cc1ccc([Si](c2ccccc2)(c2cccc(-c3cccc4c3sc3ccccc34)c2)c2cccc(-c3cccc4c3sc3ccccc34)c2)cc1)(c1ccc(OC(=O)c2ccccc2)cc1)c1ccc(OC(=O)c2ccccc2)cc1. The van der Waals surface area contributed by atoms with Crippen LogP contribution in [0.25, 0.3) is 62.6 Å². The van der Waals surface area contributed by atoms with E-state index in [1.807, 2.05) is 83.3 Å². The lowest BCUT2D eigenvalue weighted by atomic mass is 9.72. The molecule has 84 heavy (non-hydrogen) atoms. The summed E-state index contributed by atoms with van der Waals surface area (Å²) in [5.74, 6) is 0.0858. The summed E-state index contributed by atoms with van der Waals surface area (Å²) < 4.78 is 16.9. The minimum absolute atomic E-state index is 0.414. The summed E-state index contributed by atoms with van der Waals surface area (Å²) in [5.41, 5.74) is 8.43. The molecule has 0 N–H and O–H groups in total. The average Bonchev–Trinajstić information content (AvgIpc) is 4.25. The Labute approximate surface area is 497 Å². The first-order valence-corrected chi connectivity index (χ1v) is 31.9. The fourth-order valence-corrected chi connectivity index (χ4v) is 19.7. The first-order chi connectivity index (χ1) is 41.3. The molecule has 14 aromatic rings. The minimum atomic E-state index is -3.20. The Morgan fingerprint density at radius 2 is 0.750 bits per heavy atom. The van der Waals surface area contributed by atoms with Gasteiger partial charge in [0.25, 0.3) is 0 Å². The van der Waals surface area contributed by atoms with Gasteiger partial charge in [-0.2, -0.15) is 0 Å². The molecule has 0 spiro atoms. The third-order valence-electron chi connectivity index (χ3n) is 16.6. The zero-order valence-electron chi connectivity index (χ0n) is 45.9. The van der Waals surface area contributed by atoms with Crippen LogP contribution >= 0.6 is 22.7 Å². The van der Waals surface area contributed by atoms with E-state index in [9.17, 15) is 9.59 Å². The van der Waals surface area contributed by atoms with Crippen LogP contribution in [0.4, 0.5) is 0 Å². The lowest BCUT2D eigenvalue weighted by Gasteiger charge is -2.35. The second kappa shape index (κ2) is 22.2. The van der Waals surface area contributed by atoms with E-state index >= 15 is 0 Å². The van der Waals surface area contributed by atoms with Crippen molar-refractivity contribution in [2.75, 3.05) is 0 Å². The summed E-state index contributed by atoms with van der Waals surface area (Å²) >= 11 is 3.73. The number of esters is 2. The molecule has 0 aliphatic carbocycles. The zero-order chi connectivity index (χ0) is 56.6. The molecule has 12 aromatic carbocycles. The summed E-state index contributed by atoms with van der Waals surface area (Å²) in [7, 11) is -3.20. The van der Waals surface area contributed by atoms with Gasteiger partial charge in [-0.1, -0.05) is 244 Å². The van der Waals surface area contributed by atoms with E-state index in [1.54, 1.807) is 24.3 Å². The standard InChI is InChI=1S/C77H54O4S2Si/c1-77(57-39-43-59(44-40-57)80-75(78)53-19-5-2-6-20-53,58-41-45-60(46-42-58)81-76(79)54-21-7-3-8-22-54)51-52-37-47-62(48-38-52)84(61-25-9-4-10-26-61,63-27-15-23-55(49-63)65-31-17-33-69-67-29-11-13-35-71(67)82-73(65)69)64-28-16-24-56(50-64)66-32-18-34-70-68-30-12-14-36-72(68)83-74(66)70/h2-50H,51H2,1H3. The van der Waals surface area contributed by atoms with Crippen molar-refractivity contribution in [2.45, 2.75) is 18.8 Å². The quantitative estimate of drug-likeness (QED) is 0.0471. The number of carbonyl (C=O) groups is 2. The third kappa shape index (κ3) is 9.62. The van der Waals surface area contributed by atoms with Crippen molar-refractivity contribution in [1.82, 2.24) is 0 Å². The molecule has 0 saturated heterocycles. The van der Waals surface area contributed by atoms with Crippen LogP contribution in [0.3, 0.4) is 0 Å². The number of benzene rings is 12. The van der Waals surface area contributed by atoms with Crippen LogP contribution in [0.5, 0.6) is 11.5 Å². The van der Waals surface area contributed by atoms with Crippen LogP contribution in [-0.2, 0) is 11.8 Å². The normalized spacial score (nSPS) is 11.8. The van der Waals surface area contributed by atoms with Crippen molar-refractivity contribution in [3.63, 3.8) is 0 Å². The highest BCUT2D eigenvalue weighted by Gasteiger charge is 2.42. The van der Waals surface area contributed by atoms with Crippen molar-refractivity contribution in [1.29, 1.82) is 0 Å². The number of hydrogen-bond acceptors (Lipinski definition) is 6. The number of thiophene rings is 2. The third-order valence-corrected chi connectivity index (χ3v) is 23.8. The maximum absolute atomic E-state index is 13.2. The van der Waals surface area contributed by atoms with Gasteiger partial charge < -0.3 is 9.47 Å². The predicted octanol–water partition coefficient (Wildman–Crippen LogP) is 17.1. The highest BCUT2D eigenvalue weighted by Crippen LogP contribution is 2.42. The predicted molar refractivity (Wildman–Crippen MR) is 353 cm³/mol. The molecule has 0 radical (unpaired) electrons. The number of fused-ring (bicyclic) bond motifs is 6. The first-order valence-electron chi connectivity index (χ1n) is 28.2. The van der Waals surface area contributed by atoms with E-state index in [4.69, 9.17) is 9.47 Å². The van der Waals surface area contributed by atoms with Crippen LogP contribution in [-0.4, -0.2) is 20.0 Å². The molecule has 0 atom stereocenters. The van der Waals surface area contributed by atoms with E-state index in [0.29, 0.717) is 29.0 Å². The maximum Gasteiger partial charge on any atom is 0.343 e. The van der Waals surface area contributed by atoms with E-state index in [-0.39, 0.29) is 0 Å². The lowest BCUT2D eigenvalue weighted by Crippen LogP contribution is -2.74. The average molecular weight is 1140 g/mol. The molecule has 0 aliphatic heterocycles. The van der Waals surface area contributed by atoms with Gasteiger partial charge in [0.2, 0.25) is 0 Å². The summed E-state index contributed by atoms with van der Waals surface area (Å²) in [6.45, 7) is 2.26. The molecule has 0 amide bonds. The van der Waals surface area contributed by atoms with Crippen LogP contribution < -0.4 is 30.2 Å². The van der Waals surface area contributed by atoms with Crippen LogP contribution in [0, 0.1) is 0 Å². The minimum Gasteiger partial charge on any atom is -0.423 e. The molecule has 0 unspecified atom stereocenters. The molecule has 14 rings (SSSR count). The Morgan fingerprint density at radius 1 is 0.369 bits per heavy atom. The van der Waals surface area contributed by atoms with Crippen molar-refractivity contribution >= 4 is 104 Å². The Hall–Kier alpha value is -9.76. The van der Waals surface area contributed by atoms with Gasteiger partial charge in [0.1, 0.15) is 11.5 Å². The van der Waals surface area contributed by atoms with Gasteiger partial charge in [0, 0.05) is 45.8 Å². The molecule has 4 nitrogen and oxygen atoms in total. The lowest BCUT2D eigenvalue weighted by molar-refractivity contribution is 0.0725. The van der Waals surface area contributed by atoms with Crippen molar-refractivity contribution < 1.29 is 19.1 Å². The topological polar surface area (TPSA) is 52.6 Å². The molecule has 0 aliphatic rings. The smallest absolute Gasteiger partial charge is 0.343 e. The van der Waals surface area contributed by atoms with E-state index in [2.05, 4.69) is 219 Å².